The molecule has 1 fully saturated rings. The first-order chi connectivity index (χ1) is 10.2. The fourth-order valence-electron chi connectivity index (χ4n) is 2.53. The average Bonchev–Trinajstić information content (AvgIpc) is 2.76. The zero-order chi connectivity index (χ0) is 15.1. The van der Waals surface area contributed by atoms with E-state index in [1.165, 1.54) is 25.0 Å². The number of nitrogens with zero attached hydrogens (tertiary/aromatic N) is 2. The van der Waals surface area contributed by atoms with E-state index in [2.05, 4.69) is 5.32 Å². The van der Waals surface area contributed by atoms with Crippen molar-refractivity contribution in [3.05, 3.63) is 39.9 Å². The summed E-state index contributed by atoms with van der Waals surface area (Å²) in [6, 6.07) is 6.47. The molecule has 2 rings (SSSR count). The van der Waals surface area contributed by atoms with Gasteiger partial charge in [0.25, 0.3) is 5.69 Å². The molecule has 0 unspecified atom stereocenters. The van der Waals surface area contributed by atoms with Gasteiger partial charge in [-0.25, -0.2) is 0 Å². The maximum absolute atomic E-state index is 12.1. The smallest absolute Gasteiger partial charge is 0.269 e. The standard InChI is InChI=1S/C15H21N3O3/c19-15(17-8-3-1-2-4-9-17)12-16-11-13-6-5-7-14(10-13)18(20)21/h5-7,10,16H,1-4,8-9,11-12H2. The van der Waals surface area contributed by atoms with Gasteiger partial charge in [-0.3, -0.25) is 14.9 Å². The van der Waals surface area contributed by atoms with E-state index in [4.69, 9.17) is 0 Å². The summed E-state index contributed by atoms with van der Waals surface area (Å²) in [4.78, 5) is 24.3. The quantitative estimate of drug-likeness (QED) is 0.665. The third-order valence-electron chi connectivity index (χ3n) is 3.69. The van der Waals surface area contributed by atoms with Crippen LogP contribution in [-0.2, 0) is 11.3 Å². The number of hydrogen-bond donors (Lipinski definition) is 1. The van der Waals surface area contributed by atoms with Crippen molar-refractivity contribution in [2.45, 2.75) is 32.2 Å². The highest BCUT2D eigenvalue weighted by atomic mass is 16.6. The lowest BCUT2D eigenvalue weighted by Crippen LogP contribution is -2.38. The summed E-state index contributed by atoms with van der Waals surface area (Å²) in [6.45, 7) is 2.43. The minimum atomic E-state index is -0.411. The van der Waals surface area contributed by atoms with E-state index in [9.17, 15) is 14.9 Å². The Morgan fingerprint density at radius 3 is 2.62 bits per heavy atom. The van der Waals surface area contributed by atoms with Crippen LogP contribution >= 0.6 is 0 Å². The maximum atomic E-state index is 12.1. The van der Waals surface area contributed by atoms with Crippen LogP contribution in [-0.4, -0.2) is 35.4 Å². The normalized spacial score (nSPS) is 15.5. The number of benzene rings is 1. The molecule has 0 aromatic heterocycles. The Labute approximate surface area is 124 Å². The van der Waals surface area contributed by atoms with Crippen LogP contribution in [0, 0.1) is 10.1 Å². The van der Waals surface area contributed by atoms with Crippen LogP contribution in [0.4, 0.5) is 5.69 Å². The Morgan fingerprint density at radius 2 is 1.95 bits per heavy atom. The molecule has 114 valence electrons. The number of hydrogen-bond acceptors (Lipinski definition) is 4. The molecule has 1 aromatic rings. The molecule has 0 atom stereocenters. The van der Waals surface area contributed by atoms with Crippen molar-refractivity contribution in [1.82, 2.24) is 10.2 Å². The SMILES string of the molecule is O=C(CNCc1cccc([N+](=O)[O-])c1)N1CCCCCC1. The highest BCUT2D eigenvalue weighted by Crippen LogP contribution is 2.13. The maximum Gasteiger partial charge on any atom is 0.269 e. The van der Waals surface area contributed by atoms with Crippen molar-refractivity contribution >= 4 is 11.6 Å². The van der Waals surface area contributed by atoms with E-state index in [0.29, 0.717) is 6.54 Å². The van der Waals surface area contributed by atoms with Crippen LogP contribution in [0.5, 0.6) is 0 Å². The van der Waals surface area contributed by atoms with Gasteiger partial charge in [0, 0.05) is 31.8 Å². The minimum Gasteiger partial charge on any atom is -0.342 e. The average molecular weight is 291 g/mol. The van der Waals surface area contributed by atoms with Gasteiger partial charge in [0.1, 0.15) is 0 Å². The van der Waals surface area contributed by atoms with E-state index < -0.39 is 4.92 Å². The highest BCUT2D eigenvalue weighted by molar-refractivity contribution is 5.78. The van der Waals surface area contributed by atoms with Crippen molar-refractivity contribution in [3.8, 4) is 0 Å². The van der Waals surface area contributed by atoms with Gasteiger partial charge >= 0.3 is 0 Å². The highest BCUT2D eigenvalue weighted by Gasteiger charge is 2.14. The van der Waals surface area contributed by atoms with Gasteiger partial charge in [0.15, 0.2) is 0 Å². The lowest BCUT2D eigenvalue weighted by molar-refractivity contribution is -0.384. The Bertz CT molecular complexity index is 497. The van der Waals surface area contributed by atoms with Crippen LogP contribution < -0.4 is 5.32 Å². The molecule has 1 heterocycles. The van der Waals surface area contributed by atoms with E-state index in [0.717, 1.165) is 31.5 Å². The predicted octanol–water partition coefficient (Wildman–Crippen LogP) is 2.09. The van der Waals surface area contributed by atoms with E-state index >= 15 is 0 Å². The first-order valence-electron chi connectivity index (χ1n) is 7.38. The van der Waals surface area contributed by atoms with Crippen molar-refractivity contribution in [1.29, 1.82) is 0 Å². The Balaban J connectivity index is 1.79. The summed E-state index contributed by atoms with van der Waals surface area (Å²) in [5.74, 6) is 0.113. The second kappa shape index (κ2) is 7.73. The van der Waals surface area contributed by atoms with E-state index in [1.807, 2.05) is 11.0 Å². The number of carbonyl (C=O) groups excluding carboxylic acids is 1. The summed E-state index contributed by atoms with van der Waals surface area (Å²) in [7, 11) is 0. The summed E-state index contributed by atoms with van der Waals surface area (Å²) < 4.78 is 0. The van der Waals surface area contributed by atoms with Crippen molar-refractivity contribution in [2.24, 2.45) is 0 Å². The number of likely N-dealkylation sites (tertiary alicyclic amines) is 1. The number of non-ortho nitro benzene ring substituents is 1. The van der Waals surface area contributed by atoms with Crippen LogP contribution in [0.15, 0.2) is 24.3 Å². The lowest BCUT2D eigenvalue weighted by atomic mass is 10.2. The molecular weight excluding hydrogens is 270 g/mol. The first-order valence-corrected chi connectivity index (χ1v) is 7.38. The third-order valence-corrected chi connectivity index (χ3v) is 3.69. The fraction of sp³-hybridized carbons (Fsp3) is 0.533. The van der Waals surface area contributed by atoms with Crippen LogP contribution in [0.25, 0.3) is 0 Å². The summed E-state index contributed by atoms with van der Waals surface area (Å²) in [6.07, 6.45) is 4.56. The lowest BCUT2D eigenvalue weighted by Gasteiger charge is -2.20. The molecule has 6 heteroatoms. The second-order valence-corrected chi connectivity index (χ2v) is 5.33. The number of amides is 1. The molecule has 21 heavy (non-hydrogen) atoms. The fourth-order valence-corrected chi connectivity index (χ4v) is 2.53. The summed E-state index contributed by atoms with van der Waals surface area (Å²) >= 11 is 0. The molecule has 6 nitrogen and oxygen atoms in total. The van der Waals surface area contributed by atoms with Gasteiger partial charge < -0.3 is 10.2 Å². The molecule has 0 bridgehead atoms. The Kier molecular flexibility index (Phi) is 5.68. The Hall–Kier alpha value is -1.95. The Morgan fingerprint density at radius 1 is 1.24 bits per heavy atom. The molecule has 1 aliphatic heterocycles. The first kappa shape index (κ1) is 15.4. The molecular formula is C15H21N3O3. The number of rotatable bonds is 5. The summed E-state index contributed by atoms with van der Waals surface area (Å²) in [5.41, 5.74) is 0.890. The van der Waals surface area contributed by atoms with Crippen molar-refractivity contribution in [3.63, 3.8) is 0 Å². The van der Waals surface area contributed by atoms with Gasteiger partial charge in [-0.15, -0.1) is 0 Å². The zero-order valence-corrected chi connectivity index (χ0v) is 12.1. The second-order valence-electron chi connectivity index (χ2n) is 5.33. The summed E-state index contributed by atoms with van der Waals surface area (Å²) in [5, 5.41) is 13.8. The van der Waals surface area contributed by atoms with Crippen LogP contribution in [0.3, 0.4) is 0 Å². The van der Waals surface area contributed by atoms with E-state index in [1.54, 1.807) is 6.07 Å². The van der Waals surface area contributed by atoms with Crippen LogP contribution in [0.1, 0.15) is 31.2 Å². The van der Waals surface area contributed by atoms with Gasteiger partial charge in [-0.05, 0) is 18.4 Å². The van der Waals surface area contributed by atoms with Crippen LogP contribution in [0.2, 0.25) is 0 Å². The third kappa shape index (κ3) is 4.82. The molecule has 1 saturated heterocycles. The number of carbonyl (C=O) groups is 1. The molecule has 1 N–H and O–H groups in total. The molecule has 0 spiro atoms. The molecule has 0 radical (unpaired) electrons. The number of nitro benzene ring substituents is 1. The topological polar surface area (TPSA) is 75.5 Å². The molecule has 1 aliphatic rings. The largest absolute Gasteiger partial charge is 0.342 e. The van der Waals surface area contributed by atoms with E-state index in [-0.39, 0.29) is 18.1 Å². The van der Waals surface area contributed by atoms with Gasteiger partial charge in [0.05, 0.1) is 11.5 Å². The number of nitrogens with one attached hydrogen (secondary N) is 1. The van der Waals surface area contributed by atoms with Crippen molar-refractivity contribution < 1.29 is 9.72 Å². The van der Waals surface area contributed by atoms with Gasteiger partial charge in [-0.2, -0.15) is 0 Å². The van der Waals surface area contributed by atoms with Gasteiger partial charge in [0.2, 0.25) is 5.91 Å². The minimum absolute atomic E-state index is 0.0770. The molecule has 1 amide bonds. The predicted molar refractivity (Wildman–Crippen MR) is 79.9 cm³/mol. The van der Waals surface area contributed by atoms with Crippen molar-refractivity contribution in [2.75, 3.05) is 19.6 Å². The number of nitro groups is 1. The monoisotopic (exact) mass is 291 g/mol. The molecule has 0 aliphatic carbocycles. The molecule has 1 aromatic carbocycles. The zero-order valence-electron chi connectivity index (χ0n) is 12.1. The molecule has 0 saturated carbocycles. The van der Waals surface area contributed by atoms with Gasteiger partial charge in [-0.1, -0.05) is 25.0 Å².